The Bertz CT molecular complexity index is 891. The summed E-state index contributed by atoms with van der Waals surface area (Å²) in [5.41, 5.74) is 3.29. The van der Waals surface area contributed by atoms with E-state index in [9.17, 15) is 4.79 Å². The molecule has 0 fully saturated rings. The fourth-order valence-electron chi connectivity index (χ4n) is 2.74. The van der Waals surface area contributed by atoms with E-state index in [1.165, 1.54) is 0 Å². The van der Waals surface area contributed by atoms with Crippen LogP contribution in [0.3, 0.4) is 0 Å². The van der Waals surface area contributed by atoms with Crippen molar-refractivity contribution < 1.29 is 14.3 Å². The zero-order valence-electron chi connectivity index (χ0n) is 14.9. The molecule has 3 aromatic rings. The van der Waals surface area contributed by atoms with Crippen molar-refractivity contribution in [2.24, 2.45) is 0 Å². The van der Waals surface area contributed by atoms with Crippen molar-refractivity contribution in [3.05, 3.63) is 78.4 Å². The van der Waals surface area contributed by atoms with Gasteiger partial charge in [0.15, 0.2) is 11.5 Å². The summed E-state index contributed by atoms with van der Waals surface area (Å²) in [6.45, 7) is 2.39. The molecule has 0 unspecified atom stereocenters. The predicted molar refractivity (Wildman–Crippen MR) is 104 cm³/mol. The van der Waals surface area contributed by atoms with E-state index in [1.54, 1.807) is 25.3 Å². The Hall–Kier alpha value is -3.27. The minimum Gasteiger partial charge on any atom is -0.493 e. The first-order chi connectivity index (χ1) is 12.7. The highest BCUT2D eigenvalue weighted by Crippen LogP contribution is 2.30. The Morgan fingerprint density at radius 3 is 2.38 bits per heavy atom. The number of ether oxygens (including phenoxy) is 2. The Kier molecular flexibility index (Phi) is 5.54. The van der Waals surface area contributed by atoms with E-state index in [0.29, 0.717) is 23.7 Å². The van der Waals surface area contributed by atoms with Gasteiger partial charge in [-0.1, -0.05) is 48.5 Å². The van der Waals surface area contributed by atoms with Gasteiger partial charge in [0.25, 0.3) is 5.91 Å². The van der Waals surface area contributed by atoms with E-state index >= 15 is 0 Å². The van der Waals surface area contributed by atoms with Gasteiger partial charge in [-0.05, 0) is 36.8 Å². The Morgan fingerprint density at radius 1 is 0.923 bits per heavy atom. The molecule has 1 N–H and O–H groups in total. The predicted octanol–water partition coefficient (Wildman–Crippen LogP) is 5.01. The van der Waals surface area contributed by atoms with Gasteiger partial charge in [-0.25, -0.2) is 0 Å². The maximum atomic E-state index is 12.7. The van der Waals surface area contributed by atoms with E-state index < -0.39 is 0 Å². The average molecular weight is 347 g/mol. The molecule has 0 saturated carbocycles. The molecule has 0 aliphatic heterocycles. The molecule has 0 aromatic heterocycles. The molecule has 0 heterocycles. The summed E-state index contributed by atoms with van der Waals surface area (Å²) < 4.78 is 10.8. The Balaban J connectivity index is 1.89. The van der Waals surface area contributed by atoms with Crippen molar-refractivity contribution in [3.8, 4) is 22.6 Å². The van der Waals surface area contributed by atoms with E-state index in [1.807, 2.05) is 61.5 Å². The third-order valence-corrected chi connectivity index (χ3v) is 3.99. The zero-order valence-corrected chi connectivity index (χ0v) is 14.9. The fourth-order valence-corrected chi connectivity index (χ4v) is 2.74. The number of carbonyl (C=O) groups is 1. The van der Waals surface area contributed by atoms with Gasteiger partial charge in [0.2, 0.25) is 0 Å². The first-order valence-electron chi connectivity index (χ1n) is 8.49. The second-order valence-electron chi connectivity index (χ2n) is 5.66. The van der Waals surface area contributed by atoms with Crippen LogP contribution in [0.4, 0.5) is 5.69 Å². The van der Waals surface area contributed by atoms with Crippen LogP contribution in [-0.4, -0.2) is 19.6 Å². The molecule has 3 rings (SSSR count). The lowest BCUT2D eigenvalue weighted by atomic mass is 10.0. The molecule has 0 bridgehead atoms. The lowest BCUT2D eigenvalue weighted by molar-refractivity contribution is 0.102. The van der Waals surface area contributed by atoms with Gasteiger partial charge in [-0.3, -0.25) is 4.79 Å². The van der Waals surface area contributed by atoms with Crippen LogP contribution in [-0.2, 0) is 0 Å². The zero-order chi connectivity index (χ0) is 18.4. The number of nitrogens with one attached hydrogen (secondary N) is 1. The number of hydrogen-bond donors (Lipinski definition) is 1. The molecule has 132 valence electrons. The number of carbonyl (C=O) groups excluding carboxylic acids is 1. The first-order valence-corrected chi connectivity index (χ1v) is 8.49. The number of methoxy groups -OCH3 is 1. The van der Waals surface area contributed by atoms with Crippen LogP contribution in [0.2, 0.25) is 0 Å². The topological polar surface area (TPSA) is 47.6 Å². The Morgan fingerprint density at radius 2 is 1.65 bits per heavy atom. The quantitative estimate of drug-likeness (QED) is 0.681. The van der Waals surface area contributed by atoms with Crippen LogP contribution < -0.4 is 14.8 Å². The monoisotopic (exact) mass is 347 g/mol. The SMILES string of the molecule is CCOc1cc(C(=O)Nc2ccccc2-c2ccccc2)ccc1OC. The molecular formula is C22H21NO3. The van der Waals surface area contributed by atoms with Gasteiger partial charge in [-0.2, -0.15) is 0 Å². The normalized spacial score (nSPS) is 10.2. The number of benzene rings is 3. The van der Waals surface area contributed by atoms with Crippen molar-refractivity contribution >= 4 is 11.6 Å². The molecule has 0 aliphatic carbocycles. The maximum Gasteiger partial charge on any atom is 0.255 e. The van der Waals surface area contributed by atoms with Crippen molar-refractivity contribution in [1.82, 2.24) is 0 Å². The number of rotatable bonds is 6. The second-order valence-corrected chi connectivity index (χ2v) is 5.66. The van der Waals surface area contributed by atoms with Crippen molar-refractivity contribution in [3.63, 3.8) is 0 Å². The molecule has 4 nitrogen and oxygen atoms in total. The molecular weight excluding hydrogens is 326 g/mol. The summed E-state index contributed by atoms with van der Waals surface area (Å²) in [5, 5.41) is 3.00. The third-order valence-electron chi connectivity index (χ3n) is 3.99. The summed E-state index contributed by atoms with van der Waals surface area (Å²) >= 11 is 0. The van der Waals surface area contributed by atoms with Crippen LogP contribution in [0.15, 0.2) is 72.8 Å². The first kappa shape index (κ1) is 17.5. The maximum absolute atomic E-state index is 12.7. The minimum atomic E-state index is -0.197. The van der Waals surface area contributed by atoms with Crippen molar-refractivity contribution in [2.75, 3.05) is 19.0 Å². The van der Waals surface area contributed by atoms with Gasteiger partial charge in [0.05, 0.1) is 13.7 Å². The van der Waals surface area contributed by atoms with E-state index in [0.717, 1.165) is 16.8 Å². The molecule has 26 heavy (non-hydrogen) atoms. The highest BCUT2D eigenvalue weighted by Gasteiger charge is 2.13. The third kappa shape index (κ3) is 3.86. The molecule has 0 aliphatic rings. The van der Waals surface area contributed by atoms with Crippen LogP contribution >= 0.6 is 0 Å². The molecule has 0 atom stereocenters. The van der Waals surface area contributed by atoms with Crippen molar-refractivity contribution in [1.29, 1.82) is 0 Å². The van der Waals surface area contributed by atoms with Gasteiger partial charge in [-0.15, -0.1) is 0 Å². The second kappa shape index (κ2) is 8.21. The van der Waals surface area contributed by atoms with Gasteiger partial charge < -0.3 is 14.8 Å². The molecule has 0 radical (unpaired) electrons. The average Bonchev–Trinajstić information content (AvgIpc) is 2.69. The van der Waals surface area contributed by atoms with Gasteiger partial charge >= 0.3 is 0 Å². The van der Waals surface area contributed by atoms with Crippen molar-refractivity contribution in [2.45, 2.75) is 6.92 Å². The summed E-state index contributed by atoms with van der Waals surface area (Å²) in [7, 11) is 1.58. The lowest BCUT2D eigenvalue weighted by Crippen LogP contribution is -2.13. The smallest absolute Gasteiger partial charge is 0.255 e. The van der Waals surface area contributed by atoms with Crippen LogP contribution in [0.25, 0.3) is 11.1 Å². The molecule has 4 heteroatoms. The molecule has 0 saturated heterocycles. The number of anilines is 1. The summed E-state index contributed by atoms with van der Waals surface area (Å²) in [6.07, 6.45) is 0. The summed E-state index contributed by atoms with van der Waals surface area (Å²) in [6, 6.07) is 22.9. The number of amides is 1. The summed E-state index contributed by atoms with van der Waals surface area (Å²) in [4.78, 5) is 12.7. The number of hydrogen-bond acceptors (Lipinski definition) is 3. The van der Waals surface area contributed by atoms with Crippen LogP contribution in [0, 0.1) is 0 Å². The van der Waals surface area contributed by atoms with Gasteiger partial charge in [0.1, 0.15) is 0 Å². The minimum absolute atomic E-state index is 0.197. The molecule has 0 spiro atoms. The van der Waals surface area contributed by atoms with Crippen LogP contribution in [0.5, 0.6) is 11.5 Å². The van der Waals surface area contributed by atoms with Crippen LogP contribution in [0.1, 0.15) is 17.3 Å². The van der Waals surface area contributed by atoms with E-state index in [4.69, 9.17) is 9.47 Å². The van der Waals surface area contributed by atoms with E-state index in [-0.39, 0.29) is 5.91 Å². The van der Waals surface area contributed by atoms with Gasteiger partial charge in [0, 0.05) is 16.8 Å². The number of para-hydroxylation sites is 1. The largest absolute Gasteiger partial charge is 0.493 e. The fraction of sp³-hybridized carbons (Fsp3) is 0.136. The summed E-state index contributed by atoms with van der Waals surface area (Å²) in [5.74, 6) is 0.962. The molecule has 3 aromatic carbocycles. The molecule has 1 amide bonds. The Labute approximate surface area is 153 Å². The standard InChI is InChI=1S/C22H21NO3/c1-3-26-21-15-17(13-14-20(21)25-2)22(24)23-19-12-8-7-11-18(19)16-9-5-4-6-10-16/h4-15H,3H2,1-2H3,(H,23,24). The lowest BCUT2D eigenvalue weighted by Gasteiger charge is -2.13. The van der Waals surface area contributed by atoms with E-state index in [2.05, 4.69) is 5.32 Å². The highest BCUT2D eigenvalue weighted by molar-refractivity contribution is 6.06. The highest BCUT2D eigenvalue weighted by atomic mass is 16.5.